The van der Waals surface area contributed by atoms with E-state index in [1.165, 1.54) is 6.07 Å². The SMILES string of the molecule is CC(O)(CS(=O)(=O)c1c#cc(F)cc1)C(=O)NC1=CC=C(C#N)C(C(F)(F)F)C1. The monoisotopic (exact) mass is 430 g/mol. The van der Waals surface area contributed by atoms with Gasteiger partial charge in [-0.05, 0) is 43.3 Å². The van der Waals surface area contributed by atoms with Crippen LogP contribution in [0.15, 0.2) is 40.5 Å². The van der Waals surface area contributed by atoms with Gasteiger partial charge in [0.1, 0.15) is 4.90 Å². The van der Waals surface area contributed by atoms with E-state index in [-0.39, 0.29) is 5.70 Å². The number of nitrogens with zero attached hydrogens (tertiary/aromatic N) is 1. The Morgan fingerprint density at radius 3 is 2.52 bits per heavy atom. The Bertz CT molecular complexity index is 1000. The standard InChI is InChI=1S/C18H14F4N2O4S/c1-17(26,10-29(27,28)14-6-3-12(19)4-7-14)16(25)24-13-5-2-11(9-23)15(8-13)18(20,21)22/h2-3,5-6,15,26H,8,10H2,1H3,(H,24,25). The molecule has 2 unspecified atom stereocenters. The van der Waals surface area contributed by atoms with Crippen molar-refractivity contribution in [1.82, 2.24) is 5.32 Å². The van der Waals surface area contributed by atoms with Gasteiger partial charge in [-0.25, -0.2) is 8.42 Å². The molecule has 0 bridgehead atoms. The number of hydrogen-bond donors (Lipinski definition) is 2. The number of rotatable bonds is 5. The lowest BCUT2D eigenvalue weighted by Crippen LogP contribution is -2.49. The summed E-state index contributed by atoms with van der Waals surface area (Å²) in [5, 5.41) is 21.2. The Hall–Kier alpha value is -2.89. The maximum atomic E-state index is 13.1. The lowest BCUT2D eigenvalue weighted by molar-refractivity contribution is -0.163. The van der Waals surface area contributed by atoms with Gasteiger partial charge in [0, 0.05) is 17.7 Å². The average Bonchev–Trinajstić information content (AvgIpc) is 2.60. The van der Waals surface area contributed by atoms with Crippen LogP contribution in [0.1, 0.15) is 13.3 Å². The summed E-state index contributed by atoms with van der Waals surface area (Å²) >= 11 is 0. The number of carbonyl (C=O) groups is 1. The van der Waals surface area contributed by atoms with Gasteiger partial charge < -0.3 is 10.4 Å². The molecule has 11 heteroatoms. The second kappa shape index (κ2) is 7.85. The number of hydrogen-bond acceptors (Lipinski definition) is 5. The topological polar surface area (TPSA) is 107 Å². The van der Waals surface area contributed by atoms with E-state index in [0.717, 1.165) is 31.2 Å². The van der Waals surface area contributed by atoms with Crippen LogP contribution in [0.4, 0.5) is 17.6 Å². The number of carbonyl (C=O) groups excluding carboxylic acids is 1. The lowest BCUT2D eigenvalue weighted by atomic mass is 9.89. The molecule has 0 heterocycles. The molecule has 1 aromatic rings. The summed E-state index contributed by atoms with van der Waals surface area (Å²) in [5.74, 6) is -5.38. The van der Waals surface area contributed by atoms with Crippen LogP contribution >= 0.6 is 0 Å². The predicted molar refractivity (Wildman–Crippen MR) is 90.8 cm³/mol. The van der Waals surface area contributed by atoms with Gasteiger partial charge in [0.2, 0.25) is 0 Å². The quantitative estimate of drug-likeness (QED) is 0.695. The van der Waals surface area contributed by atoms with Crippen molar-refractivity contribution in [1.29, 1.82) is 5.26 Å². The Balaban J connectivity index is 2.17. The first-order valence-corrected chi connectivity index (χ1v) is 9.65. The fraction of sp³-hybridized carbons (Fsp3) is 0.333. The second-order valence-electron chi connectivity index (χ2n) is 6.51. The minimum atomic E-state index is -4.73. The van der Waals surface area contributed by atoms with E-state index in [0.29, 0.717) is 0 Å². The third kappa shape index (κ3) is 5.34. The van der Waals surface area contributed by atoms with Gasteiger partial charge in [-0.15, -0.1) is 0 Å². The fourth-order valence-corrected chi connectivity index (χ4v) is 4.04. The van der Waals surface area contributed by atoms with E-state index in [4.69, 9.17) is 5.26 Å². The van der Waals surface area contributed by atoms with Gasteiger partial charge in [0.25, 0.3) is 5.91 Å². The number of allylic oxidation sites excluding steroid dienone is 4. The first-order valence-electron chi connectivity index (χ1n) is 8.00. The molecule has 0 aliphatic heterocycles. The summed E-state index contributed by atoms with van der Waals surface area (Å²) in [4.78, 5) is 11.8. The zero-order chi connectivity index (χ0) is 22.0. The third-order valence-corrected chi connectivity index (χ3v) is 5.89. The lowest BCUT2D eigenvalue weighted by Gasteiger charge is -2.27. The number of alkyl halides is 3. The van der Waals surface area contributed by atoms with Gasteiger partial charge in [-0.3, -0.25) is 4.79 Å². The summed E-state index contributed by atoms with van der Waals surface area (Å²) in [6.45, 7) is 0.869. The summed E-state index contributed by atoms with van der Waals surface area (Å²) in [6, 6.07) is 7.08. The first kappa shape index (κ1) is 22.4. The van der Waals surface area contributed by atoms with Gasteiger partial charge >= 0.3 is 6.18 Å². The highest BCUT2D eigenvalue weighted by Crippen LogP contribution is 2.38. The highest BCUT2D eigenvalue weighted by molar-refractivity contribution is 7.91. The third-order valence-electron chi connectivity index (χ3n) is 4.04. The number of sulfone groups is 1. The van der Waals surface area contributed by atoms with Crippen molar-refractivity contribution < 1.29 is 35.9 Å². The van der Waals surface area contributed by atoms with Crippen molar-refractivity contribution in [3.05, 3.63) is 53.5 Å². The van der Waals surface area contributed by atoms with Crippen molar-refractivity contribution in [3.63, 3.8) is 0 Å². The molecular formula is C18H14F4N2O4S. The molecule has 29 heavy (non-hydrogen) atoms. The first-order chi connectivity index (χ1) is 13.3. The number of aliphatic hydroxyl groups is 1. The van der Waals surface area contributed by atoms with Crippen LogP contribution in [0.5, 0.6) is 0 Å². The summed E-state index contributed by atoms with van der Waals surface area (Å²) < 4.78 is 76.7. The zero-order valence-electron chi connectivity index (χ0n) is 14.8. The number of nitriles is 1. The molecule has 1 amide bonds. The largest absolute Gasteiger partial charge is 0.396 e. The average molecular weight is 430 g/mol. The van der Waals surface area contributed by atoms with E-state index in [1.807, 2.05) is 12.1 Å². The van der Waals surface area contributed by atoms with Crippen molar-refractivity contribution >= 4 is 15.7 Å². The summed E-state index contributed by atoms with van der Waals surface area (Å²) in [7, 11) is -4.29. The highest BCUT2D eigenvalue weighted by atomic mass is 32.2. The molecule has 0 spiro atoms. The van der Waals surface area contributed by atoms with Crippen molar-refractivity contribution in [2.24, 2.45) is 5.92 Å². The van der Waals surface area contributed by atoms with Crippen LogP contribution in [-0.4, -0.2) is 37.0 Å². The van der Waals surface area contributed by atoms with Crippen LogP contribution < -0.4 is 5.32 Å². The number of halogens is 4. The fourth-order valence-electron chi connectivity index (χ4n) is 2.53. The Kier molecular flexibility index (Phi) is 6.07. The Morgan fingerprint density at radius 2 is 2.00 bits per heavy atom. The van der Waals surface area contributed by atoms with Gasteiger partial charge in [-0.1, -0.05) is 0 Å². The van der Waals surface area contributed by atoms with E-state index >= 15 is 0 Å². The number of nitrogens with one attached hydrogen (secondary N) is 1. The molecule has 154 valence electrons. The normalized spacial score (nSPS) is 19.1. The molecule has 2 rings (SSSR count). The van der Waals surface area contributed by atoms with Crippen LogP contribution in [0.25, 0.3) is 0 Å². The molecule has 2 atom stereocenters. The Labute approximate surface area is 164 Å². The van der Waals surface area contributed by atoms with Crippen molar-refractivity contribution in [3.8, 4) is 6.07 Å². The Morgan fingerprint density at radius 1 is 1.34 bits per heavy atom. The van der Waals surface area contributed by atoms with E-state index < -0.39 is 61.9 Å². The molecular weight excluding hydrogens is 416 g/mol. The number of amides is 1. The zero-order valence-corrected chi connectivity index (χ0v) is 15.7. The summed E-state index contributed by atoms with van der Waals surface area (Å²) in [6.07, 6.45) is -3.51. The minimum absolute atomic E-state index is 0.240. The van der Waals surface area contributed by atoms with Crippen LogP contribution in [0.2, 0.25) is 0 Å². The minimum Gasteiger partial charge on any atom is -0.379 e. The van der Waals surface area contributed by atoms with Crippen molar-refractivity contribution in [2.45, 2.75) is 30.0 Å². The molecule has 1 aliphatic carbocycles. The molecule has 6 nitrogen and oxygen atoms in total. The smallest absolute Gasteiger partial charge is 0.379 e. The van der Waals surface area contributed by atoms with Crippen molar-refractivity contribution in [2.75, 3.05) is 5.75 Å². The highest BCUT2D eigenvalue weighted by Gasteiger charge is 2.44. The maximum absolute atomic E-state index is 13.1. The molecule has 2 N–H and O–H groups in total. The molecule has 0 saturated carbocycles. The van der Waals surface area contributed by atoms with Gasteiger partial charge in [-0.2, -0.15) is 22.8 Å². The summed E-state index contributed by atoms with van der Waals surface area (Å²) in [5.41, 5.74) is -3.29. The van der Waals surface area contributed by atoms with Gasteiger partial charge in [0.15, 0.2) is 21.3 Å². The molecule has 0 radical (unpaired) electrons. The van der Waals surface area contributed by atoms with E-state index in [1.54, 1.807) is 0 Å². The molecule has 0 aromatic heterocycles. The van der Waals surface area contributed by atoms with Gasteiger partial charge in [0.05, 0.1) is 17.7 Å². The van der Waals surface area contributed by atoms with Crippen LogP contribution in [-0.2, 0) is 14.6 Å². The molecule has 0 fully saturated rings. The second-order valence-corrected chi connectivity index (χ2v) is 8.46. The van der Waals surface area contributed by atoms with E-state index in [2.05, 4.69) is 5.32 Å². The molecule has 1 aliphatic rings. The van der Waals surface area contributed by atoms with Crippen LogP contribution in [0, 0.1) is 35.2 Å². The molecule has 0 saturated heterocycles. The van der Waals surface area contributed by atoms with E-state index in [9.17, 15) is 35.9 Å². The van der Waals surface area contributed by atoms with Crippen LogP contribution in [0.3, 0.4) is 0 Å². The maximum Gasteiger partial charge on any atom is 0.396 e. The molecule has 1 aromatic carbocycles. The predicted octanol–water partition coefficient (Wildman–Crippen LogP) is 1.98.